The average Bonchev–Trinajstić information content (AvgIpc) is 2.69. The maximum Gasteiger partial charge on any atom is 0.123 e. The van der Waals surface area contributed by atoms with Crippen LogP contribution in [0.4, 0.5) is 4.39 Å². The lowest BCUT2D eigenvalue weighted by molar-refractivity contribution is 0.0475. The minimum absolute atomic E-state index is 0.210. The van der Waals surface area contributed by atoms with E-state index in [9.17, 15) is 9.50 Å². The molecule has 3 heteroatoms. The van der Waals surface area contributed by atoms with Gasteiger partial charge in [0.15, 0.2) is 0 Å². The van der Waals surface area contributed by atoms with E-state index in [2.05, 4.69) is 5.32 Å². The first-order valence-corrected chi connectivity index (χ1v) is 5.86. The largest absolute Gasteiger partial charge is 0.389 e. The van der Waals surface area contributed by atoms with E-state index < -0.39 is 5.60 Å². The number of aliphatic hydroxyl groups is 1. The maximum atomic E-state index is 12.7. The second-order valence-corrected chi connectivity index (χ2v) is 4.66. The Bertz CT molecular complexity index is 330. The van der Waals surface area contributed by atoms with Crippen molar-refractivity contribution >= 4 is 0 Å². The molecule has 0 aromatic heterocycles. The molecular formula is C13H18FNO. The van der Waals surface area contributed by atoms with Crippen molar-refractivity contribution in [2.24, 2.45) is 0 Å². The van der Waals surface area contributed by atoms with Gasteiger partial charge in [-0.05, 0) is 30.5 Å². The van der Waals surface area contributed by atoms with Gasteiger partial charge < -0.3 is 10.4 Å². The summed E-state index contributed by atoms with van der Waals surface area (Å²) in [6.45, 7) is 1.31. The van der Waals surface area contributed by atoms with Gasteiger partial charge in [-0.1, -0.05) is 25.0 Å². The van der Waals surface area contributed by atoms with E-state index in [1.54, 1.807) is 12.1 Å². The van der Waals surface area contributed by atoms with E-state index in [0.717, 1.165) is 31.2 Å². The lowest BCUT2D eigenvalue weighted by atomic mass is 10.0. The predicted octanol–water partition coefficient (Wildman–Crippen LogP) is 2.22. The van der Waals surface area contributed by atoms with Crippen molar-refractivity contribution in [1.29, 1.82) is 0 Å². The average molecular weight is 223 g/mol. The summed E-state index contributed by atoms with van der Waals surface area (Å²) in [5, 5.41) is 13.3. The topological polar surface area (TPSA) is 32.3 Å². The molecule has 0 aliphatic heterocycles. The standard InChI is InChI=1S/C13H18FNO/c14-12-5-3-11(4-6-12)9-15-10-13(16)7-1-2-8-13/h3-6,15-16H,1-2,7-10H2. The van der Waals surface area contributed by atoms with Crippen molar-refractivity contribution in [3.05, 3.63) is 35.6 Å². The second-order valence-electron chi connectivity index (χ2n) is 4.66. The van der Waals surface area contributed by atoms with Gasteiger partial charge in [0, 0.05) is 13.1 Å². The molecule has 2 N–H and O–H groups in total. The van der Waals surface area contributed by atoms with E-state index >= 15 is 0 Å². The van der Waals surface area contributed by atoms with Crippen LogP contribution < -0.4 is 5.32 Å². The molecule has 1 aromatic rings. The smallest absolute Gasteiger partial charge is 0.123 e. The van der Waals surface area contributed by atoms with E-state index in [0.29, 0.717) is 13.1 Å². The number of halogens is 1. The zero-order valence-electron chi connectivity index (χ0n) is 9.38. The first-order chi connectivity index (χ1) is 7.68. The summed E-state index contributed by atoms with van der Waals surface area (Å²) in [7, 11) is 0. The van der Waals surface area contributed by atoms with E-state index in [-0.39, 0.29) is 5.82 Å². The van der Waals surface area contributed by atoms with Gasteiger partial charge in [-0.25, -0.2) is 4.39 Å². The normalized spacial score (nSPS) is 18.9. The Balaban J connectivity index is 1.77. The van der Waals surface area contributed by atoms with Crippen LogP contribution in [0.3, 0.4) is 0 Å². The Labute approximate surface area is 95.5 Å². The van der Waals surface area contributed by atoms with Crippen LogP contribution in [-0.4, -0.2) is 17.3 Å². The summed E-state index contributed by atoms with van der Waals surface area (Å²) in [6, 6.07) is 6.45. The molecule has 1 aromatic carbocycles. The Morgan fingerprint density at radius 2 is 1.81 bits per heavy atom. The molecule has 1 saturated carbocycles. The number of rotatable bonds is 4. The zero-order chi connectivity index (χ0) is 11.4. The lowest BCUT2D eigenvalue weighted by Crippen LogP contribution is -2.37. The van der Waals surface area contributed by atoms with Crippen LogP contribution in [0.5, 0.6) is 0 Å². The molecule has 16 heavy (non-hydrogen) atoms. The first kappa shape index (κ1) is 11.6. The van der Waals surface area contributed by atoms with Crippen LogP contribution in [0.2, 0.25) is 0 Å². The molecule has 1 aliphatic carbocycles. The molecule has 0 atom stereocenters. The molecule has 0 unspecified atom stereocenters. The summed E-state index contributed by atoms with van der Waals surface area (Å²) in [5.41, 5.74) is 0.531. The number of hydrogen-bond acceptors (Lipinski definition) is 2. The van der Waals surface area contributed by atoms with Crippen LogP contribution in [0, 0.1) is 5.82 Å². The van der Waals surface area contributed by atoms with Gasteiger partial charge >= 0.3 is 0 Å². The molecule has 2 rings (SSSR count). The van der Waals surface area contributed by atoms with Crippen molar-refractivity contribution in [3.63, 3.8) is 0 Å². The highest BCUT2D eigenvalue weighted by Crippen LogP contribution is 2.28. The van der Waals surface area contributed by atoms with Crippen molar-refractivity contribution < 1.29 is 9.50 Å². The van der Waals surface area contributed by atoms with Crippen molar-refractivity contribution in [1.82, 2.24) is 5.32 Å². The van der Waals surface area contributed by atoms with Crippen molar-refractivity contribution in [3.8, 4) is 0 Å². The summed E-state index contributed by atoms with van der Waals surface area (Å²) >= 11 is 0. The van der Waals surface area contributed by atoms with Gasteiger partial charge in [-0.2, -0.15) is 0 Å². The fourth-order valence-electron chi connectivity index (χ4n) is 2.25. The third-order valence-electron chi connectivity index (χ3n) is 3.23. The molecule has 88 valence electrons. The van der Waals surface area contributed by atoms with Crippen molar-refractivity contribution in [2.75, 3.05) is 6.54 Å². The van der Waals surface area contributed by atoms with Gasteiger partial charge in [0.2, 0.25) is 0 Å². The third kappa shape index (κ3) is 3.03. The fraction of sp³-hybridized carbons (Fsp3) is 0.538. The fourth-order valence-corrected chi connectivity index (χ4v) is 2.25. The van der Waals surface area contributed by atoms with Gasteiger partial charge in [0.1, 0.15) is 5.82 Å². The monoisotopic (exact) mass is 223 g/mol. The highest BCUT2D eigenvalue weighted by atomic mass is 19.1. The number of nitrogens with one attached hydrogen (secondary N) is 1. The van der Waals surface area contributed by atoms with Gasteiger partial charge in [-0.15, -0.1) is 0 Å². The maximum absolute atomic E-state index is 12.7. The molecule has 0 radical (unpaired) electrons. The summed E-state index contributed by atoms with van der Waals surface area (Å²) in [5.74, 6) is -0.210. The van der Waals surface area contributed by atoms with Gasteiger partial charge in [0.25, 0.3) is 0 Å². The van der Waals surface area contributed by atoms with Gasteiger partial charge in [-0.3, -0.25) is 0 Å². The molecule has 1 fully saturated rings. The number of hydrogen-bond donors (Lipinski definition) is 2. The molecule has 0 bridgehead atoms. The highest BCUT2D eigenvalue weighted by molar-refractivity contribution is 5.15. The molecule has 1 aliphatic rings. The van der Waals surface area contributed by atoms with E-state index in [4.69, 9.17) is 0 Å². The Morgan fingerprint density at radius 1 is 1.19 bits per heavy atom. The quantitative estimate of drug-likeness (QED) is 0.820. The van der Waals surface area contributed by atoms with Crippen LogP contribution in [0.25, 0.3) is 0 Å². The van der Waals surface area contributed by atoms with E-state index in [1.165, 1.54) is 12.1 Å². The van der Waals surface area contributed by atoms with Crippen LogP contribution in [-0.2, 0) is 6.54 Å². The molecular weight excluding hydrogens is 205 g/mol. The summed E-state index contributed by atoms with van der Waals surface area (Å²) < 4.78 is 12.7. The van der Waals surface area contributed by atoms with Crippen LogP contribution in [0.15, 0.2) is 24.3 Å². The summed E-state index contributed by atoms with van der Waals surface area (Å²) in [4.78, 5) is 0. The molecule has 2 nitrogen and oxygen atoms in total. The predicted molar refractivity (Wildman–Crippen MR) is 61.5 cm³/mol. The van der Waals surface area contributed by atoms with Gasteiger partial charge in [0.05, 0.1) is 5.60 Å². The minimum atomic E-state index is -0.514. The SMILES string of the molecule is OC1(CNCc2ccc(F)cc2)CCCC1. The van der Waals surface area contributed by atoms with Crippen LogP contribution >= 0.6 is 0 Å². The molecule has 0 heterocycles. The highest BCUT2D eigenvalue weighted by Gasteiger charge is 2.30. The van der Waals surface area contributed by atoms with Crippen molar-refractivity contribution in [2.45, 2.75) is 37.8 Å². The molecule has 0 amide bonds. The number of benzene rings is 1. The third-order valence-corrected chi connectivity index (χ3v) is 3.23. The summed E-state index contributed by atoms with van der Waals surface area (Å²) in [6.07, 6.45) is 4.02. The van der Waals surface area contributed by atoms with Crippen LogP contribution in [0.1, 0.15) is 31.2 Å². The Hall–Kier alpha value is -0.930. The second kappa shape index (κ2) is 4.93. The van der Waals surface area contributed by atoms with E-state index in [1.807, 2.05) is 0 Å². The zero-order valence-corrected chi connectivity index (χ0v) is 9.38. The molecule has 0 saturated heterocycles. The molecule has 0 spiro atoms. The minimum Gasteiger partial charge on any atom is -0.389 e. The lowest BCUT2D eigenvalue weighted by Gasteiger charge is -2.22. The Kier molecular flexibility index (Phi) is 3.56. The first-order valence-electron chi connectivity index (χ1n) is 5.86. The Morgan fingerprint density at radius 3 is 2.44 bits per heavy atom.